The van der Waals surface area contributed by atoms with E-state index in [1.165, 1.54) is 78.2 Å². The van der Waals surface area contributed by atoms with E-state index >= 15 is 0 Å². The summed E-state index contributed by atoms with van der Waals surface area (Å²) in [5.41, 5.74) is 7.03. The van der Waals surface area contributed by atoms with E-state index in [4.69, 9.17) is 5.73 Å². The van der Waals surface area contributed by atoms with Crippen molar-refractivity contribution < 1.29 is 132 Å². The quantitative estimate of drug-likeness (QED) is 0.0183. The summed E-state index contributed by atoms with van der Waals surface area (Å²) in [5, 5.41) is 128. The highest BCUT2D eigenvalue weighted by atomic mass is 32.2. The fraction of sp³-hybridized carbons (Fsp3) is 0.523. The molecule has 0 aliphatic rings. The molecule has 0 aliphatic carbocycles. The molecule has 0 bridgehead atoms. The van der Waals surface area contributed by atoms with Gasteiger partial charge in [-0.05, 0) is 118 Å². The minimum atomic E-state index is -2.23. The van der Waals surface area contributed by atoms with Gasteiger partial charge in [-0.2, -0.15) is 0 Å². The smallest absolute Gasteiger partial charge is 0.305 e. The van der Waals surface area contributed by atoms with Gasteiger partial charge in [0.15, 0.2) is 0 Å². The average molecular weight is 1880 g/mol. The van der Waals surface area contributed by atoms with Crippen molar-refractivity contribution in [2.75, 3.05) is 44.4 Å². The summed E-state index contributed by atoms with van der Waals surface area (Å²) in [5.74, 6) is -23.5. The Morgan fingerprint density at radius 1 is 0.417 bits per heavy atom. The molecule has 45 nitrogen and oxygen atoms in total. The highest BCUT2D eigenvalue weighted by molar-refractivity contribution is 8.00. The topological polar surface area (TPSA) is 718 Å². The number of thioether (sulfide) groups is 1. The van der Waals surface area contributed by atoms with Gasteiger partial charge in [-0.1, -0.05) is 101 Å². The maximum absolute atomic E-state index is 14.7. The second-order valence-corrected chi connectivity index (χ2v) is 33.0. The van der Waals surface area contributed by atoms with Crippen molar-refractivity contribution in [3.8, 4) is 11.5 Å². The zero-order valence-electron chi connectivity index (χ0n) is 74.4. The van der Waals surface area contributed by atoms with Crippen molar-refractivity contribution in [2.24, 2.45) is 17.6 Å². The third-order valence-electron chi connectivity index (χ3n) is 20.3. The molecule has 0 radical (unpaired) electrons. The summed E-state index contributed by atoms with van der Waals surface area (Å²) in [6, 6.07) is -1.27. The Labute approximate surface area is 764 Å². The molecule has 0 saturated heterocycles. The van der Waals surface area contributed by atoms with E-state index < -0.39 is 261 Å². The van der Waals surface area contributed by atoms with Gasteiger partial charge in [-0.3, -0.25) is 91.1 Å². The lowest BCUT2D eigenvalue weighted by Gasteiger charge is -2.30. The molecule has 0 spiro atoms. The molecule has 0 aliphatic heterocycles. The number of aliphatic carboxylic acids is 3. The first-order valence-corrected chi connectivity index (χ1v) is 43.8. The van der Waals surface area contributed by atoms with E-state index in [-0.39, 0.29) is 72.4 Å². The summed E-state index contributed by atoms with van der Waals surface area (Å²) >= 11 is 0.843. The Bertz CT molecular complexity index is 4640. The number of phenolic OH excluding ortho intramolecular Hbond substituents is 2. The van der Waals surface area contributed by atoms with Gasteiger partial charge in [0.05, 0.1) is 56.3 Å². The molecule has 15 amide bonds. The van der Waals surface area contributed by atoms with Gasteiger partial charge in [-0.15, -0.1) is 11.8 Å². The van der Waals surface area contributed by atoms with Crippen LogP contribution in [0, 0.1) is 18.8 Å². The number of carboxylic acids is 3. The normalized spacial score (nSPS) is 14.7. The number of carbonyl (C=O) groups is 18. The number of hydrogen-bond acceptors (Lipinski definition) is 27. The predicted molar refractivity (Wildman–Crippen MR) is 474 cm³/mol. The lowest BCUT2D eigenvalue weighted by atomic mass is 9.96. The zero-order valence-corrected chi connectivity index (χ0v) is 75.2. The molecule has 46 heteroatoms. The fourth-order valence-corrected chi connectivity index (χ4v) is 13.6. The molecular weight excluding hydrogens is 1750 g/mol. The summed E-state index contributed by atoms with van der Waals surface area (Å²) in [6.07, 6.45) is -4.77. The highest BCUT2D eigenvalue weighted by Crippen LogP contribution is 2.18. The predicted octanol–water partition coefficient (Wildman–Crippen LogP) is -5.63. The number of aliphatic hydroxyl groups is 4. The number of nitrogens with two attached hydrogens (primary N) is 1. The van der Waals surface area contributed by atoms with Crippen LogP contribution in [0.1, 0.15) is 129 Å². The minimum absolute atomic E-state index is 0.0793. The third-order valence-corrected chi connectivity index (χ3v) is 21.3. The summed E-state index contributed by atoms with van der Waals surface area (Å²) < 4.78 is 1.40. The second kappa shape index (κ2) is 57.1. The molecule has 726 valence electrons. The molecule has 132 heavy (non-hydrogen) atoms. The fourth-order valence-electron chi connectivity index (χ4n) is 13.0. The first kappa shape index (κ1) is 111. The van der Waals surface area contributed by atoms with E-state index in [1.807, 2.05) is 0 Å². The van der Waals surface area contributed by atoms with Gasteiger partial charge in [0, 0.05) is 57.1 Å². The lowest BCUT2D eigenvalue weighted by Crippen LogP contribution is -2.63. The number of nitrogens with one attached hydrogen (secondary N) is 15. The SMILES string of the molecule is CC[C@H](C)[C@H](NC(=O)[C@H](CO)NC(=O)[C@H](Cc1ccc(O)cc1)NC(=O)[C@H](CC(=O)O)NC(=O)[C@H](CO)NC(=O)[C@@H](NC(=O)[C@H](Cc1ccccc1)NC(=O)[C@@H](NC(=O)CNC(=O)[C@H](CCC(=O)O)NC(=O)CSCC(=O)NCCn1cc(C)ccc1=O)[C@@H](C)O)[C@@H](C)O)C(=O)N[C@@H](Cc1ccc(O)cc1)C(=O)N[C@@H](CC(C)C)C(=O)N[C@@H](CC(=O)O)C(=O)N[C@H](C)CCCCN. The van der Waals surface area contributed by atoms with E-state index in [1.54, 1.807) is 65.1 Å². The van der Waals surface area contributed by atoms with Crippen molar-refractivity contribution in [3.05, 3.63) is 130 Å². The summed E-state index contributed by atoms with van der Waals surface area (Å²) in [4.78, 5) is 257. The monoisotopic (exact) mass is 1870 g/mol. The number of phenols is 2. The van der Waals surface area contributed by atoms with E-state index in [0.29, 0.717) is 36.9 Å². The number of unbranched alkanes of at least 4 members (excludes halogenated alkanes) is 1. The number of amides is 15. The molecule has 0 saturated carbocycles. The van der Waals surface area contributed by atoms with Crippen LogP contribution in [0.3, 0.4) is 0 Å². The van der Waals surface area contributed by atoms with Crippen LogP contribution < -0.4 is 91.0 Å². The minimum Gasteiger partial charge on any atom is -0.508 e. The Balaban J connectivity index is 1.53. The highest BCUT2D eigenvalue weighted by Gasteiger charge is 2.40. The molecule has 16 atom stereocenters. The van der Waals surface area contributed by atoms with Crippen LogP contribution in [0.5, 0.6) is 11.5 Å². The Morgan fingerprint density at radius 2 is 0.833 bits per heavy atom. The van der Waals surface area contributed by atoms with Crippen LogP contribution in [0.4, 0.5) is 0 Å². The van der Waals surface area contributed by atoms with Crippen molar-refractivity contribution in [1.29, 1.82) is 0 Å². The number of aryl methyl sites for hydroxylation is 1. The standard InChI is InChI=1S/C86H123N17O28S/c1-9-47(5)72(84(129)96-59(36-53-21-25-55(109)26-22-53)78(123)92-57(33-45(2)3)77(122)94-61(37-70(116)117)76(121)90-48(6)15-13-14-30-87)101-83(128)64(42-105)98-79(124)58(35-52-19-23-54(108)24-20-52)93-80(125)62(38-71(118)119)95-82(127)63(41-104)99-86(131)74(50(8)107)102-81(126)60(34-51-16-11-10-12-17-51)97-85(130)73(49(7)106)100-65(110)39-89-75(120)56(27-29-69(114)115)91-67(112)44-132-43-66(111)88-31-32-103-40-46(4)18-28-68(103)113/h10-12,16-26,28,40,45,47-50,56-64,72-74,104-109H,9,13-15,27,29-39,41-44,87H2,1-8H3,(H,88,111)(H,89,120)(H,90,121)(H,91,112)(H,92,123)(H,93,125)(H,94,122)(H,95,127)(H,96,129)(H,97,130)(H,98,124)(H,99,131)(H,100,110)(H,101,128)(H,102,126)(H,114,115)(H,116,117)(H,118,119)/t47-,48+,49+,50+,56-,57-,58-,59-,60-,61-,62-,63-,64-,72-,73-,74-/m0/s1. The number of rotatable bonds is 59. The van der Waals surface area contributed by atoms with Crippen molar-refractivity contribution in [3.63, 3.8) is 0 Å². The number of aromatic hydroxyl groups is 2. The molecular formula is C86H123N17O28S. The first-order valence-electron chi connectivity index (χ1n) is 42.6. The van der Waals surface area contributed by atoms with E-state index in [2.05, 4.69) is 79.8 Å². The number of nitrogens with zero attached hydrogens (tertiary/aromatic N) is 1. The molecule has 0 fully saturated rings. The number of benzene rings is 3. The molecule has 26 N–H and O–H groups in total. The molecule has 1 heterocycles. The van der Waals surface area contributed by atoms with E-state index in [0.717, 1.165) is 31.2 Å². The number of aromatic nitrogens is 1. The van der Waals surface area contributed by atoms with Crippen LogP contribution in [0.2, 0.25) is 0 Å². The van der Waals surface area contributed by atoms with Crippen molar-refractivity contribution in [2.45, 2.75) is 230 Å². The van der Waals surface area contributed by atoms with Crippen molar-refractivity contribution in [1.82, 2.24) is 84.3 Å². The molecule has 4 rings (SSSR count). The number of pyridine rings is 1. The molecule has 4 aromatic rings. The van der Waals surface area contributed by atoms with Gasteiger partial charge >= 0.3 is 17.9 Å². The van der Waals surface area contributed by atoms with Crippen LogP contribution in [-0.4, -0.2) is 292 Å². The molecule has 0 unspecified atom stereocenters. The van der Waals surface area contributed by atoms with Crippen molar-refractivity contribution >= 4 is 118 Å². The molecule has 3 aromatic carbocycles. The number of carboxylic acid groups (broad SMARTS) is 3. The Morgan fingerprint density at radius 3 is 1.32 bits per heavy atom. The van der Waals surface area contributed by atoms with Crippen LogP contribution in [0.15, 0.2) is 102 Å². The third kappa shape index (κ3) is 40.5. The average Bonchev–Trinajstić information content (AvgIpc) is 0.843. The van der Waals surface area contributed by atoms with Gasteiger partial charge in [-0.25, -0.2) is 0 Å². The lowest BCUT2D eigenvalue weighted by molar-refractivity contribution is -0.142. The number of carbonyl (C=O) groups excluding carboxylic acids is 15. The number of aliphatic hydroxyl groups excluding tert-OH is 4. The van der Waals surface area contributed by atoms with Gasteiger partial charge < -0.3 is 136 Å². The summed E-state index contributed by atoms with van der Waals surface area (Å²) in [7, 11) is 0. The Hall–Kier alpha value is -13.2. The van der Waals surface area contributed by atoms with Gasteiger partial charge in [0.2, 0.25) is 88.6 Å². The van der Waals surface area contributed by atoms with Crippen LogP contribution in [0.25, 0.3) is 0 Å². The maximum Gasteiger partial charge on any atom is 0.305 e. The van der Waals surface area contributed by atoms with Crippen LogP contribution >= 0.6 is 11.8 Å². The maximum atomic E-state index is 14.7. The van der Waals surface area contributed by atoms with Gasteiger partial charge in [0.25, 0.3) is 5.56 Å². The number of hydrogen-bond donors (Lipinski definition) is 25. The Kier molecular flexibility index (Phi) is 48.1. The second-order valence-electron chi connectivity index (χ2n) is 32.0. The van der Waals surface area contributed by atoms with E-state index in [9.17, 15) is 137 Å². The van der Waals surface area contributed by atoms with Crippen LogP contribution in [-0.2, 0) is 112 Å². The largest absolute Gasteiger partial charge is 0.508 e. The zero-order chi connectivity index (χ0) is 98.6. The first-order chi connectivity index (χ1) is 62.3. The molecule has 1 aromatic heterocycles. The van der Waals surface area contributed by atoms with Gasteiger partial charge in [0.1, 0.15) is 84.0 Å². The summed E-state index contributed by atoms with van der Waals surface area (Å²) in [6.45, 7) is 9.22.